The van der Waals surface area contributed by atoms with E-state index in [1.165, 1.54) is 29.1 Å². The lowest BCUT2D eigenvalue weighted by Crippen LogP contribution is -2.29. The van der Waals surface area contributed by atoms with Gasteiger partial charge in [0.2, 0.25) is 0 Å². The third-order valence-corrected chi connectivity index (χ3v) is 5.17. The number of hydrogen-bond donors (Lipinski definition) is 1. The number of para-hydroxylation sites is 2. The lowest BCUT2D eigenvalue weighted by molar-refractivity contribution is -0.110. The molecule has 3 aromatic rings. The fraction of sp³-hybridized carbons (Fsp3) is 0.100. The molecule has 1 amide bonds. The van der Waals surface area contributed by atoms with Crippen molar-refractivity contribution in [2.45, 2.75) is 0 Å². The van der Waals surface area contributed by atoms with E-state index < -0.39 is 0 Å². The van der Waals surface area contributed by atoms with Gasteiger partial charge in [0.1, 0.15) is 10.4 Å². The van der Waals surface area contributed by atoms with Crippen molar-refractivity contribution in [3.8, 4) is 5.75 Å². The normalized spacial score (nSPS) is 12.3. The molecule has 1 N–H and O–H groups in total. The predicted octanol–water partition coefficient (Wildman–Crippen LogP) is 2.36. The SMILES string of the molecule is COc1ccccc1NC(=O)/C=c1\s/c(=C\c2cccc(Cl)c2)c(=O)n1C. The molecule has 0 atom stereocenters. The van der Waals surface area contributed by atoms with Crippen LogP contribution in [-0.2, 0) is 11.8 Å². The first-order valence-electron chi connectivity index (χ1n) is 8.07. The van der Waals surface area contributed by atoms with Crippen molar-refractivity contribution >= 4 is 46.7 Å². The van der Waals surface area contributed by atoms with Crippen LogP contribution in [0.4, 0.5) is 5.69 Å². The monoisotopic (exact) mass is 400 g/mol. The number of ether oxygens (including phenoxy) is 1. The minimum atomic E-state index is -0.342. The number of rotatable bonds is 4. The molecule has 1 aromatic heterocycles. The molecule has 0 unspecified atom stereocenters. The van der Waals surface area contributed by atoms with E-state index in [2.05, 4.69) is 5.32 Å². The van der Waals surface area contributed by atoms with E-state index in [9.17, 15) is 9.59 Å². The highest BCUT2D eigenvalue weighted by atomic mass is 35.5. The largest absolute Gasteiger partial charge is 0.495 e. The number of halogens is 1. The summed E-state index contributed by atoms with van der Waals surface area (Å²) >= 11 is 7.23. The Morgan fingerprint density at radius 2 is 2.00 bits per heavy atom. The maximum Gasteiger partial charge on any atom is 0.268 e. The number of benzene rings is 2. The molecule has 0 aliphatic carbocycles. The van der Waals surface area contributed by atoms with Crippen molar-refractivity contribution in [3.63, 3.8) is 0 Å². The van der Waals surface area contributed by atoms with Crippen LogP contribution in [0.5, 0.6) is 5.75 Å². The Morgan fingerprint density at radius 3 is 2.74 bits per heavy atom. The number of aromatic nitrogens is 1. The van der Waals surface area contributed by atoms with Crippen molar-refractivity contribution < 1.29 is 9.53 Å². The van der Waals surface area contributed by atoms with E-state index in [1.54, 1.807) is 43.5 Å². The zero-order valence-corrected chi connectivity index (χ0v) is 16.3. The Morgan fingerprint density at radius 1 is 1.22 bits per heavy atom. The number of carbonyl (C=O) groups is 1. The van der Waals surface area contributed by atoms with Gasteiger partial charge in [-0.25, -0.2) is 0 Å². The molecular weight excluding hydrogens is 384 g/mol. The summed E-state index contributed by atoms with van der Waals surface area (Å²) in [7, 11) is 3.17. The summed E-state index contributed by atoms with van der Waals surface area (Å²) in [6, 6.07) is 14.4. The van der Waals surface area contributed by atoms with E-state index in [0.29, 0.717) is 25.7 Å². The molecule has 0 aliphatic heterocycles. The van der Waals surface area contributed by atoms with E-state index in [0.717, 1.165) is 5.56 Å². The summed E-state index contributed by atoms with van der Waals surface area (Å²) in [5.41, 5.74) is 1.22. The molecule has 0 bridgehead atoms. The number of thiazole rings is 1. The fourth-order valence-electron chi connectivity index (χ4n) is 2.48. The molecule has 2 aromatic carbocycles. The van der Waals surface area contributed by atoms with Crippen LogP contribution < -0.4 is 24.8 Å². The molecule has 0 radical (unpaired) electrons. The second-order valence-corrected chi connectivity index (χ2v) is 7.20. The Bertz CT molecular complexity index is 1160. The van der Waals surface area contributed by atoms with Crippen molar-refractivity contribution in [1.29, 1.82) is 0 Å². The predicted molar refractivity (Wildman–Crippen MR) is 110 cm³/mol. The maximum atomic E-state index is 12.5. The van der Waals surface area contributed by atoms with E-state index in [-0.39, 0.29) is 11.5 Å². The molecule has 3 rings (SSSR count). The van der Waals surface area contributed by atoms with Gasteiger partial charge in [-0.15, -0.1) is 11.3 Å². The second kappa shape index (κ2) is 8.24. The van der Waals surface area contributed by atoms with Crippen LogP contribution in [0.1, 0.15) is 5.56 Å². The molecular formula is C20H17ClN2O3S. The number of hydrogen-bond acceptors (Lipinski definition) is 4. The Balaban J connectivity index is 1.95. The lowest BCUT2D eigenvalue weighted by Gasteiger charge is -2.07. The number of nitrogens with one attached hydrogen (secondary N) is 1. The molecule has 0 fully saturated rings. The third kappa shape index (κ3) is 4.48. The third-order valence-electron chi connectivity index (χ3n) is 3.83. The topological polar surface area (TPSA) is 60.3 Å². The zero-order chi connectivity index (χ0) is 19.4. The Hall–Kier alpha value is -2.83. The lowest BCUT2D eigenvalue weighted by atomic mass is 10.2. The molecule has 138 valence electrons. The minimum Gasteiger partial charge on any atom is -0.495 e. The minimum absolute atomic E-state index is 0.170. The highest BCUT2D eigenvalue weighted by Gasteiger charge is 2.06. The standard InChI is InChI=1S/C20H17ClN2O3S/c1-23-19(12-18(24)22-15-8-3-4-9-16(15)26-2)27-17(20(23)25)11-13-6-5-7-14(21)10-13/h3-12H,1-2H3,(H,22,24)/b17-11-,19-12-. The van der Waals surface area contributed by atoms with Gasteiger partial charge in [0, 0.05) is 18.1 Å². The zero-order valence-electron chi connectivity index (χ0n) is 14.7. The smallest absolute Gasteiger partial charge is 0.268 e. The first-order chi connectivity index (χ1) is 13.0. The van der Waals surface area contributed by atoms with E-state index in [1.807, 2.05) is 18.2 Å². The summed E-state index contributed by atoms with van der Waals surface area (Å²) in [5.74, 6) is 0.222. The number of nitrogens with zero attached hydrogens (tertiary/aromatic N) is 1. The van der Waals surface area contributed by atoms with Crippen LogP contribution in [0.25, 0.3) is 12.2 Å². The van der Waals surface area contributed by atoms with Gasteiger partial charge in [0.05, 0.1) is 17.3 Å². The van der Waals surface area contributed by atoms with Gasteiger partial charge in [-0.3, -0.25) is 9.59 Å². The van der Waals surface area contributed by atoms with Crippen LogP contribution in [0, 0.1) is 0 Å². The number of amides is 1. The average molecular weight is 401 g/mol. The summed E-state index contributed by atoms with van der Waals surface area (Å²) in [6.45, 7) is 0. The van der Waals surface area contributed by atoms with E-state index >= 15 is 0 Å². The van der Waals surface area contributed by atoms with Crippen molar-refractivity contribution in [1.82, 2.24) is 4.57 Å². The van der Waals surface area contributed by atoms with Gasteiger partial charge in [0.15, 0.2) is 0 Å². The van der Waals surface area contributed by atoms with Crippen molar-refractivity contribution in [2.75, 3.05) is 12.4 Å². The van der Waals surface area contributed by atoms with Crippen molar-refractivity contribution in [2.24, 2.45) is 7.05 Å². The Kier molecular flexibility index (Phi) is 5.78. The first-order valence-corrected chi connectivity index (χ1v) is 9.26. The molecule has 0 saturated heterocycles. The molecule has 0 saturated carbocycles. The highest BCUT2D eigenvalue weighted by Crippen LogP contribution is 2.22. The highest BCUT2D eigenvalue weighted by molar-refractivity contribution is 7.07. The number of carbonyl (C=O) groups excluding carboxylic acids is 1. The molecule has 5 nitrogen and oxygen atoms in total. The second-order valence-electron chi connectivity index (χ2n) is 5.70. The fourth-order valence-corrected chi connectivity index (χ4v) is 3.71. The van der Waals surface area contributed by atoms with Gasteiger partial charge in [-0.1, -0.05) is 35.9 Å². The number of methoxy groups -OCH3 is 1. The molecule has 1 heterocycles. The molecule has 0 aliphatic rings. The van der Waals surface area contributed by atoms with Crippen molar-refractivity contribution in [3.05, 3.63) is 78.7 Å². The first kappa shape index (κ1) is 18.9. The van der Waals surface area contributed by atoms with Gasteiger partial charge in [-0.2, -0.15) is 0 Å². The van der Waals surface area contributed by atoms with Crippen LogP contribution >= 0.6 is 22.9 Å². The Labute approximate surface area is 164 Å². The summed E-state index contributed by atoms with van der Waals surface area (Å²) in [6.07, 6.45) is 3.15. The van der Waals surface area contributed by atoms with Gasteiger partial charge < -0.3 is 14.6 Å². The summed E-state index contributed by atoms with van der Waals surface area (Å²) in [5, 5.41) is 3.36. The van der Waals surface area contributed by atoms with Crippen LogP contribution in [0.15, 0.2) is 53.3 Å². The summed E-state index contributed by atoms with van der Waals surface area (Å²) < 4.78 is 7.74. The van der Waals surface area contributed by atoms with Crippen LogP contribution in [0.2, 0.25) is 5.02 Å². The quantitative estimate of drug-likeness (QED) is 0.731. The van der Waals surface area contributed by atoms with Gasteiger partial charge in [-0.05, 0) is 35.9 Å². The maximum absolute atomic E-state index is 12.5. The number of anilines is 1. The average Bonchev–Trinajstić information content (AvgIpc) is 2.90. The molecule has 27 heavy (non-hydrogen) atoms. The van der Waals surface area contributed by atoms with Crippen LogP contribution in [0.3, 0.4) is 0 Å². The summed E-state index contributed by atoms with van der Waals surface area (Å²) in [4.78, 5) is 24.8. The molecule has 0 spiro atoms. The molecule has 7 heteroatoms. The van der Waals surface area contributed by atoms with Gasteiger partial charge >= 0.3 is 0 Å². The van der Waals surface area contributed by atoms with E-state index in [4.69, 9.17) is 16.3 Å². The van der Waals surface area contributed by atoms with Gasteiger partial charge in [0.25, 0.3) is 11.5 Å². The van der Waals surface area contributed by atoms with Crippen LogP contribution in [-0.4, -0.2) is 17.6 Å².